The first-order valence-corrected chi connectivity index (χ1v) is 8.22. The van der Waals surface area contributed by atoms with E-state index in [1.54, 1.807) is 24.3 Å². The lowest BCUT2D eigenvalue weighted by Crippen LogP contribution is -2.09. The summed E-state index contributed by atoms with van der Waals surface area (Å²) in [6.45, 7) is 2.70. The molecule has 0 radical (unpaired) electrons. The standard InChI is InChI=1S/C20H23NO4/c1-3-4-13-25-19-8-6-5-7-17(19)21-20(23)12-10-15-9-11-16(24-2)14-18(15)22/h5-12,14,22H,3-4,13H2,1-2H3,(H,21,23)/b12-10+. The smallest absolute Gasteiger partial charge is 0.248 e. The van der Waals surface area contributed by atoms with E-state index in [0.29, 0.717) is 29.4 Å². The molecule has 0 aromatic heterocycles. The minimum atomic E-state index is -0.304. The molecule has 2 aromatic carbocycles. The zero-order chi connectivity index (χ0) is 18.1. The predicted molar refractivity (Wildman–Crippen MR) is 99.2 cm³/mol. The molecular weight excluding hydrogens is 318 g/mol. The number of hydrogen-bond donors (Lipinski definition) is 2. The number of amides is 1. The number of methoxy groups -OCH3 is 1. The van der Waals surface area contributed by atoms with Crippen LogP contribution in [-0.2, 0) is 4.79 Å². The Hall–Kier alpha value is -2.95. The summed E-state index contributed by atoms with van der Waals surface area (Å²) in [5, 5.41) is 12.7. The van der Waals surface area contributed by atoms with Crippen molar-refractivity contribution in [2.45, 2.75) is 19.8 Å². The van der Waals surface area contributed by atoms with Crippen molar-refractivity contribution in [3.05, 3.63) is 54.1 Å². The van der Waals surface area contributed by atoms with Gasteiger partial charge in [-0.2, -0.15) is 0 Å². The van der Waals surface area contributed by atoms with Crippen LogP contribution >= 0.6 is 0 Å². The molecule has 0 heterocycles. The van der Waals surface area contributed by atoms with Gasteiger partial charge in [-0.15, -0.1) is 0 Å². The Bertz CT molecular complexity index is 740. The molecule has 1 amide bonds. The number of phenols is 1. The summed E-state index contributed by atoms with van der Waals surface area (Å²) < 4.78 is 10.7. The number of phenolic OH excluding ortho intramolecular Hbond substituents is 1. The first kappa shape index (κ1) is 18.4. The van der Waals surface area contributed by atoms with Gasteiger partial charge < -0.3 is 19.9 Å². The molecule has 0 aliphatic heterocycles. The van der Waals surface area contributed by atoms with Crippen LogP contribution in [0.2, 0.25) is 0 Å². The highest BCUT2D eigenvalue weighted by Crippen LogP contribution is 2.26. The summed E-state index contributed by atoms with van der Waals surface area (Å²) in [6.07, 6.45) is 4.91. The molecule has 0 bridgehead atoms. The number of ether oxygens (including phenoxy) is 2. The van der Waals surface area contributed by atoms with Crippen molar-refractivity contribution in [2.24, 2.45) is 0 Å². The monoisotopic (exact) mass is 341 g/mol. The molecule has 0 saturated carbocycles. The van der Waals surface area contributed by atoms with Gasteiger partial charge in [-0.25, -0.2) is 0 Å². The molecule has 2 rings (SSSR count). The molecule has 132 valence electrons. The van der Waals surface area contributed by atoms with E-state index in [4.69, 9.17) is 9.47 Å². The largest absolute Gasteiger partial charge is 0.507 e. The number of rotatable bonds is 8. The number of aromatic hydroxyl groups is 1. The SMILES string of the molecule is CCCCOc1ccccc1NC(=O)/C=C/c1ccc(OC)cc1O. The summed E-state index contributed by atoms with van der Waals surface area (Å²) in [6, 6.07) is 12.2. The Balaban J connectivity index is 2.03. The average molecular weight is 341 g/mol. The summed E-state index contributed by atoms with van der Waals surface area (Å²) in [5.41, 5.74) is 1.15. The molecule has 0 atom stereocenters. The van der Waals surface area contributed by atoms with Gasteiger partial charge in [0.05, 0.1) is 19.4 Å². The third-order valence-electron chi connectivity index (χ3n) is 3.55. The molecule has 5 nitrogen and oxygen atoms in total. The van der Waals surface area contributed by atoms with Crippen LogP contribution in [0.1, 0.15) is 25.3 Å². The average Bonchev–Trinajstić information content (AvgIpc) is 2.62. The highest BCUT2D eigenvalue weighted by Gasteiger charge is 2.06. The third-order valence-corrected chi connectivity index (χ3v) is 3.55. The van der Waals surface area contributed by atoms with Crippen LogP contribution in [0.4, 0.5) is 5.69 Å². The van der Waals surface area contributed by atoms with Crippen molar-refractivity contribution >= 4 is 17.7 Å². The number of carbonyl (C=O) groups is 1. The van der Waals surface area contributed by atoms with Crippen LogP contribution in [-0.4, -0.2) is 24.7 Å². The van der Waals surface area contributed by atoms with Crippen molar-refractivity contribution in [1.29, 1.82) is 0 Å². The summed E-state index contributed by atoms with van der Waals surface area (Å²) in [5.74, 6) is 0.940. The second-order valence-electron chi connectivity index (χ2n) is 5.45. The normalized spacial score (nSPS) is 10.6. The Labute approximate surface area is 147 Å². The summed E-state index contributed by atoms with van der Waals surface area (Å²) in [7, 11) is 1.53. The van der Waals surface area contributed by atoms with E-state index in [1.165, 1.54) is 19.3 Å². The number of para-hydroxylation sites is 2. The fraction of sp³-hybridized carbons (Fsp3) is 0.250. The van der Waals surface area contributed by atoms with Gasteiger partial charge in [0, 0.05) is 17.7 Å². The Morgan fingerprint density at radius 2 is 2.04 bits per heavy atom. The van der Waals surface area contributed by atoms with Crippen molar-refractivity contribution < 1.29 is 19.4 Å². The number of anilines is 1. The second kappa shape index (κ2) is 9.37. The molecule has 0 aliphatic carbocycles. The predicted octanol–water partition coefficient (Wildman–Crippen LogP) is 4.23. The van der Waals surface area contributed by atoms with Gasteiger partial charge in [0.1, 0.15) is 17.2 Å². The van der Waals surface area contributed by atoms with Gasteiger partial charge in [0.2, 0.25) is 5.91 Å². The topological polar surface area (TPSA) is 67.8 Å². The molecule has 0 aliphatic rings. The molecule has 2 aromatic rings. The van der Waals surface area contributed by atoms with Crippen molar-refractivity contribution in [3.8, 4) is 17.2 Å². The molecule has 0 spiro atoms. The lowest BCUT2D eigenvalue weighted by atomic mass is 10.1. The molecular formula is C20H23NO4. The maximum absolute atomic E-state index is 12.1. The lowest BCUT2D eigenvalue weighted by molar-refractivity contribution is -0.111. The number of benzene rings is 2. The molecule has 0 fully saturated rings. The third kappa shape index (κ3) is 5.57. The quantitative estimate of drug-likeness (QED) is 0.557. The van der Waals surface area contributed by atoms with Crippen molar-refractivity contribution in [3.63, 3.8) is 0 Å². The van der Waals surface area contributed by atoms with Crippen LogP contribution in [0, 0.1) is 0 Å². The van der Waals surface area contributed by atoms with Crippen LogP contribution in [0.5, 0.6) is 17.2 Å². The van der Waals surface area contributed by atoms with Crippen molar-refractivity contribution in [1.82, 2.24) is 0 Å². The fourth-order valence-electron chi connectivity index (χ4n) is 2.15. The number of unbranched alkanes of at least 4 members (excludes halogenated alkanes) is 1. The molecule has 5 heteroatoms. The van der Waals surface area contributed by atoms with Crippen LogP contribution < -0.4 is 14.8 Å². The van der Waals surface area contributed by atoms with Gasteiger partial charge in [-0.1, -0.05) is 25.5 Å². The van der Waals surface area contributed by atoms with Gasteiger partial charge in [-0.05, 0) is 36.8 Å². The zero-order valence-corrected chi connectivity index (χ0v) is 14.5. The van der Waals surface area contributed by atoms with E-state index in [1.807, 2.05) is 18.2 Å². The van der Waals surface area contributed by atoms with Gasteiger partial charge >= 0.3 is 0 Å². The maximum Gasteiger partial charge on any atom is 0.248 e. The fourth-order valence-corrected chi connectivity index (χ4v) is 2.15. The number of carbonyl (C=O) groups excluding carboxylic acids is 1. The van der Waals surface area contributed by atoms with E-state index < -0.39 is 0 Å². The minimum Gasteiger partial charge on any atom is -0.507 e. The zero-order valence-electron chi connectivity index (χ0n) is 14.5. The maximum atomic E-state index is 12.1. The molecule has 2 N–H and O–H groups in total. The van der Waals surface area contributed by atoms with E-state index in [0.717, 1.165) is 12.8 Å². The Morgan fingerprint density at radius 3 is 2.76 bits per heavy atom. The van der Waals surface area contributed by atoms with Crippen molar-refractivity contribution in [2.75, 3.05) is 19.0 Å². The highest BCUT2D eigenvalue weighted by molar-refractivity contribution is 6.02. The number of nitrogens with one attached hydrogen (secondary N) is 1. The minimum absolute atomic E-state index is 0.0479. The molecule has 0 unspecified atom stereocenters. The molecule has 25 heavy (non-hydrogen) atoms. The van der Waals surface area contributed by atoms with Crippen LogP contribution in [0.3, 0.4) is 0 Å². The summed E-state index contributed by atoms with van der Waals surface area (Å²) >= 11 is 0. The van der Waals surface area contributed by atoms with E-state index in [9.17, 15) is 9.90 Å². The van der Waals surface area contributed by atoms with Gasteiger partial charge in [0.25, 0.3) is 0 Å². The lowest BCUT2D eigenvalue weighted by Gasteiger charge is -2.11. The van der Waals surface area contributed by atoms with E-state index >= 15 is 0 Å². The summed E-state index contributed by atoms with van der Waals surface area (Å²) in [4.78, 5) is 12.1. The first-order chi connectivity index (χ1) is 12.1. The van der Waals surface area contributed by atoms with E-state index in [2.05, 4.69) is 12.2 Å². The Kier molecular flexibility index (Phi) is 6.89. The highest BCUT2D eigenvalue weighted by atomic mass is 16.5. The van der Waals surface area contributed by atoms with Gasteiger partial charge in [-0.3, -0.25) is 4.79 Å². The van der Waals surface area contributed by atoms with Gasteiger partial charge in [0.15, 0.2) is 0 Å². The Morgan fingerprint density at radius 1 is 1.24 bits per heavy atom. The second-order valence-corrected chi connectivity index (χ2v) is 5.45. The molecule has 0 saturated heterocycles. The van der Waals surface area contributed by atoms with Crippen LogP contribution in [0.25, 0.3) is 6.08 Å². The number of hydrogen-bond acceptors (Lipinski definition) is 4. The first-order valence-electron chi connectivity index (χ1n) is 8.22. The van der Waals surface area contributed by atoms with Crippen LogP contribution in [0.15, 0.2) is 48.5 Å². The van der Waals surface area contributed by atoms with E-state index in [-0.39, 0.29) is 11.7 Å².